The van der Waals surface area contributed by atoms with Gasteiger partial charge in [-0.25, -0.2) is 9.97 Å². The van der Waals surface area contributed by atoms with Crippen LogP contribution in [0.4, 0.5) is 17.2 Å². The van der Waals surface area contributed by atoms with Crippen LogP contribution >= 0.6 is 11.6 Å². The van der Waals surface area contributed by atoms with E-state index in [0.717, 1.165) is 25.1 Å². The standard InChI is InChI=1S/C26H25ClN6O4/c1-32-10-4-6-19(32)15-37-25-13-22-20(12-23(25)33(34)35)26(30-16-29-22)31-17-7-8-24(21(27)11-17)36-14-18-5-2-3-9-28-18/h2-3,5,7-9,11-13,16,19H,4,6,10,14-15H2,1H3,(H,29,30,31). The smallest absolute Gasteiger partial charge is 0.311 e. The molecule has 10 nitrogen and oxygen atoms in total. The number of nitro benzene ring substituents is 1. The third-order valence-corrected chi connectivity index (χ3v) is 6.61. The summed E-state index contributed by atoms with van der Waals surface area (Å²) in [7, 11) is 2.03. The van der Waals surface area contributed by atoms with Gasteiger partial charge in [0.1, 0.15) is 31.1 Å². The molecule has 0 radical (unpaired) electrons. The lowest BCUT2D eigenvalue weighted by atomic mass is 10.2. The summed E-state index contributed by atoms with van der Waals surface area (Å²) in [6, 6.07) is 14.1. The number of likely N-dealkylation sites (N-methyl/N-ethyl adjacent to an activating group) is 1. The summed E-state index contributed by atoms with van der Waals surface area (Å²) in [4.78, 5) is 26.5. The topological polar surface area (TPSA) is 116 Å². The van der Waals surface area contributed by atoms with Gasteiger partial charge in [0, 0.05) is 30.1 Å². The fraction of sp³-hybridized carbons (Fsp3) is 0.269. The van der Waals surface area contributed by atoms with Crippen LogP contribution in [0, 0.1) is 10.1 Å². The van der Waals surface area contributed by atoms with Crippen molar-refractivity contribution in [3.8, 4) is 11.5 Å². The predicted octanol–water partition coefficient (Wildman–Crippen LogP) is 5.38. The fourth-order valence-corrected chi connectivity index (χ4v) is 4.51. The Kier molecular flexibility index (Phi) is 7.29. The lowest BCUT2D eigenvalue weighted by Gasteiger charge is -2.19. The summed E-state index contributed by atoms with van der Waals surface area (Å²) in [5, 5.41) is 15.9. The Labute approximate surface area is 218 Å². The van der Waals surface area contributed by atoms with E-state index < -0.39 is 4.92 Å². The number of likely N-dealkylation sites (tertiary alicyclic amines) is 1. The fourth-order valence-electron chi connectivity index (χ4n) is 4.27. The molecule has 2 aromatic heterocycles. The number of rotatable bonds is 9. The number of ether oxygens (including phenoxy) is 2. The molecule has 1 aliphatic rings. The Balaban J connectivity index is 1.36. The summed E-state index contributed by atoms with van der Waals surface area (Å²) >= 11 is 6.44. The largest absolute Gasteiger partial charge is 0.486 e. The molecule has 4 aromatic rings. The van der Waals surface area contributed by atoms with Crippen LogP contribution in [0.1, 0.15) is 18.5 Å². The van der Waals surface area contributed by atoms with Crippen molar-refractivity contribution in [1.82, 2.24) is 19.9 Å². The maximum atomic E-state index is 11.9. The number of hydrogen-bond acceptors (Lipinski definition) is 9. The first-order valence-electron chi connectivity index (χ1n) is 11.8. The zero-order chi connectivity index (χ0) is 25.8. The van der Waals surface area contributed by atoms with Crippen LogP contribution in [0.5, 0.6) is 11.5 Å². The molecule has 1 fully saturated rings. The molecule has 1 N–H and O–H groups in total. The first-order chi connectivity index (χ1) is 18.0. The van der Waals surface area contributed by atoms with E-state index in [2.05, 4.69) is 25.2 Å². The summed E-state index contributed by atoms with van der Waals surface area (Å²) in [5.74, 6) is 1.11. The van der Waals surface area contributed by atoms with Crippen molar-refractivity contribution < 1.29 is 14.4 Å². The van der Waals surface area contributed by atoms with Crippen LogP contribution in [-0.2, 0) is 6.61 Å². The number of pyridine rings is 1. The van der Waals surface area contributed by atoms with Crippen molar-refractivity contribution in [2.24, 2.45) is 0 Å². The number of aromatic nitrogens is 3. The minimum atomic E-state index is -0.450. The van der Waals surface area contributed by atoms with Gasteiger partial charge in [-0.3, -0.25) is 15.1 Å². The Bertz CT molecular complexity index is 1420. The monoisotopic (exact) mass is 520 g/mol. The molecule has 37 heavy (non-hydrogen) atoms. The van der Waals surface area contributed by atoms with Crippen LogP contribution in [0.25, 0.3) is 10.9 Å². The van der Waals surface area contributed by atoms with Gasteiger partial charge in [0.2, 0.25) is 0 Å². The van der Waals surface area contributed by atoms with Gasteiger partial charge in [-0.2, -0.15) is 0 Å². The number of anilines is 2. The Morgan fingerprint density at radius 3 is 2.76 bits per heavy atom. The second kappa shape index (κ2) is 10.9. The maximum Gasteiger partial charge on any atom is 0.311 e. The molecule has 0 aliphatic carbocycles. The molecule has 5 rings (SSSR count). The molecule has 1 saturated heterocycles. The van der Waals surface area contributed by atoms with Crippen molar-refractivity contribution in [3.05, 3.63) is 81.9 Å². The SMILES string of the molecule is CN1CCCC1COc1cc2ncnc(Nc3ccc(OCc4ccccn4)c(Cl)c3)c2cc1[N+](=O)[O-]. The third kappa shape index (κ3) is 5.71. The van der Waals surface area contributed by atoms with Crippen LogP contribution in [0.3, 0.4) is 0 Å². The van der Waals surface area contributed by atoms with Gasteiger partial charge in [0.05, 0.1) is 26.5 Å². The van der Waals surface area contributed by atoms with E-state index in [4.69, 9.17) is 21.1 Å². The highest BCUT2D eigenvalue weighted by Crippen LogP contribution is 2.36. The maximum absolute atomic E-state index is 11.9. The molecule has 0 bridgehead atoms. The molecule has 0 saturated carbocycles. The highest BCUT2D eigenvalue weighted by molar-refractivity contribution is 6.32. The van der Waals surface area contributed by atoms with E-state index in [-0.39, 0.29) is 24.1 Å². The Morgan fingerprint density at radius 1 is 1.14 bits per heavy atom. The zero-order valence-electron chi connectivity index (χ0n) is 20.1. The van der Waals surface area contributed by atoms with E-state index in [1.807, 2.05) is 25.2 Å². The molecular weight excluding hydrogens is 496 g/mol. The number of benzene rings is 2. The normalized spacial score (nSPS) is 15.6. The number of nitrogens with one attached hydrogen (secondary N) is 1. The second-order valence-corrected chi connectivity index (χ2v) is 9.19. The average Bonchev–Trinajstić information content (AvgIpc) is 3.31. The minimum absolute atomic E-state index is 0.137. The number of hydrogen-bond donors (Lipinski definition) is 1. The van der Waals surface area contributed by atoms with Crippen LogP contribution in [-0.4, -0.2) is 51.0 Å². The number of halogens is 1. The number of nitrogens with zero attached hydrogens (tertiary/aromatic N) is 5. The van der Waals surface area contributed by atoms with Gasteiger partial charge in [0.15, 0.2) is 5.75 Å². The van der Waals surface area contributed by atoms with Crippen LogP contribution < -0.4 is 14.8 Å². The van der Waals surface area contributed by atoms with Crippen molar-refractivity contribution in [3.63, 3.8) is 0 Å². The Morgan fingerprint density at radius 2 is 2.03 bits per heavy atom. The molecule has 1 unspecified atom stereocenters. The van der Waals surface area contributed by atoms with E-state index in [1.54, 1.807) is 30.5 Å². The summed E-state index contributed by atoms with van der Waals surface area (Å²) in [5.41, 5.74) is 1.82. The van der Waals surface area contributed by atoms with Gasteiger partial charge in [-0.05, 0) is 56.8 Å². The van der Waals surface area contributed by atoms with E-state index in [1.165, 1.54) is 12.4 Å². The molecule has 1 atom stereocenters. The van der Waals surface area contributed by atoms with E-state index in [9.17, 15) is 10.1 Å². The average molecular weight is 521 g/mol. The molecule has 2 aromatic carbocycles. The predicted molar refractivity (Wildman–Crippen MR) is 141 cm³/mol. The Hall–Kier alpha value is -4.02. The summed E-state index contributed by atoms with van der Waals surface area (Å²) < 4.78 is 11.7. The van der Waals surface area contributed by atoms with Gasteiger partial charge < -0.3 is 19.7 Å². The van der Waals surface area contributed by atoms with E-state index >= 15 is 0 Å². The first-order valence-corrected chi connectivity index (χ1v) is 12.2. The summed E-state index contributed by atoms with van der Waals surface area (Å²) in [6.07, 6.45) is 5.20. The molecular formula is C26H25ClN6O4. The first kappa shape index (κ1) is 24.7. The highest BCUT2D eigenvalue weighted by Gasteiger charge is 2.24. The number of nitro groups is 1. The van der Waals surface area contributed by atoms with Crippen molar-refractivity contribution >= 4 is 39.7 Å². The van der Waals surface area contributed by atoms with Gasteiger partial charge in [-0.1, -0.05) is 17.7 Å². The lowest BCUT2D eigenvalue weighted by Crippen LogP contribution is -2.30. The third-order valence-electron chi connectivity index (χ3n) is 6.31. The van der Waals surface area contributed by atoms with Crippen LogP contribution in [0.15, 0.2) is 61.1 Å². The summed E-state index contributed by atoms with van der Waals surface area (Å²) in [6.45, 7) is 1.67. The molecule has 11 heteroatoms. The molecule has 3 heterocycles. The molecule has 1 aliphatic heterocycles. The molecule has 190 valence electrons. The van der Waals surface area contributed by atoms with E-state index in [0.29, 0.717) is 39.8 Å². The molecule has 0 amide bonds. The second-order valence-electron chi connectivity index (χ2n) is 8.78. The van der Waals surface area contributed by atoms with Crippen molar-refractivity contribution in [1.29, 1.82) is 0 Å². The van der Waals surface area contributed by atoms with Gasteiger partial charge in [0.25, 0.3) is 0 Å². The minimum Gasteiger partial charge on any atom is -0.486 e. The zero-order valence-corrected chi connectivity index (χ0v) is 20.9. The number of fused-ring (bicyclic) bond motifs is 1. The van der Waals surface area contributed by atoms with Crippen molar-refractivity contribution in [2.75, 3.05) is 25.5 Å². The van der Waals surface area contributed by atoms with Crippen LogP contribution in [0.2, 0.25) is 5.02 Å². The lowest BCUT2D eigenvalue weighted by molar-refractivity contribution is -0.385. The quantitative estimate of drug-likeness (QED) is 0.229. The van der Waals surface area contributed by atoms with Crippen molar-refractivity contribution in [2.45, 2.75) is 25.5 Å². The van der Waals surface area contributed by atoms with Gasteiger partial charge >= 0.3 is 5.69 Å². The van der Waals surface area contributed by atoms with Gasteiger partial charge in [-0.15, -0.1) is 0 Å². The highest BCUT2D eigenvalue weighted by atomic mass is 35.5. The molecule has 0 spiro atoms.